The van der Waals surface area contributed by atoms with E-state index in [0.717, 1.165) is 13.0 Å². The van der Waals surface area contributed by atoms with Gasteiger partial charge in [-0.15, -0.1) is 0 Å². The zero-order valence-corrected chi connectivity index (χ0v) is 10.7. The molecule has 0 radical (unpaired) electrons. The molecule has 4 heteroatoms. The van der Waals surface area contributed by atoms with E-state index in [1.165, 1.54) is 25.8 Å². The fraction of sp³-hybridized carbons (Fsp3) is 0.571. The van der Waals surface area contributed by atoms with Crippen molar-refractivity contribution in [2.75, 3.05) is 18.4 Å². The Kier molecular flexibility index (Phi) is 4.53. The SMILES string of the molecule is CC(F)c1ccc(NCC2CCCCN2)c(F)c1. The van der Waals surface area contributed by atoms with Crippen molar-refractivity contribution in [2.45, 2.75) is 38.4 Å². The molecule has 1 aromatic carbocycles. The fourth-order valence-corrected chi connectivity index (χ4v) is 2.25. The molecule has 0 amide bonds. The minimum absolute atomic E-state index is 0.382. The maximum Gasteiger partial charge on any atom is 0.146 e. The Labute approximate surface area is 107 Å². The van der Waals surface area contributed by atoms with Crippen LogP contribution in [0.25, 0.3) is 0 Å². The molecule has 2 atom stereocenters. The summed E-state index contributed by atoms with van der Waals surface area (Å²) >= 11 is 0. The Hall–Kier alpha value is -1.16. The molecule has 1 aromatic rings. The summed E-state index contributed by atoms with van der Waals surface area (Å²) in [5.41, 5.74) is 0.834. The summed E-state index contributed by atoms with van der Waals surface area (Å²) in [4.78, 5) is 0. The standard InChI is InChI=1S/C14H20F2N2/c1-10(15)11-5-6-14(13(16)8-11)18-9-12-4-2-3-7-17-12/h5-6,8,10,12,17-18H,2-4,7,9H2,1H3. The van der Waals surface area contributed by atoms with E-state index in [1.807, 2.05) is 0 Å². The van der Waals surface area contributed by atoms with E-state index >= 15 is 0 Å². The van der Waals surface area contributed by atoms with Gasteiger partial charge in [-0.25, -0.2) is 8.78 Å². The average molecular weight is 254 g/mol. The maximum absolute atomic E-state index is 13.7. The lowest BCUT2D eigenvalue weighted by atomic mass is 10.0. The van der Waals surface area contributed by atoms with E-state index < -0.39 is 6.17 Å². The van der Waals surface area contributed by atoms with Crippen LogP contribution in [0.1, 0.15) is 37.9 Å². The summed E-state index contributed by atoms with van der Waals surface area (Å²) in [5.74, 6) is -0.382. The zero-order valence-electron chi connectivity index (χ0n) is 10.7. The molecule has 0 aromatic heterocycles. The molecular weight excluding hydrogens is 234 g/mol. The Balaban J connectivity index is 1.92. The molecule has 2 N–H and O–H groups in total. The summed E-state index contributed by atoms with van der Waals surface area (Å²) in [6, 6.07) is 4.91. The van der Waals surface area contributed by atoms with E-state index in [-0.39, 0.29) is 5.82 Å². The number of hydrogen-bond acceptors (Lipinski definition) is 2. The molecule has 1 saturated heterocycles. The van der Waals surface area contributed by atoms with Crippen LogP contribution in [0.15, 0.2) is 18.2 Å². The van der Waals surface area contributed by atoms with Gasteiger partial charge >= 0.3 is 0 Å². The zero-order chi connectivity index (χ0) is 13.0. The number of anilines is 1. The van der Waals surface area contributed by atoms with E-state index in [4.69, 9.17) is 0 Å². The van der Waals surface area contributed by atoms with Gasteiger partial charge in [0.1, 0.15) is 12.0 Å². The van der Waals surface area contributed by atoms with Crippen molar-refractivity contribution in [1.29, 1.82) is 0 Å². The summed E-state index contributed by atoms with van der Waals surface area (Å²) in [6.07, 6.45) is 2.43. The average Bonchev–Trinajstić information content (AvgIpc) is 2.38. The van der Waals surface area contributed by atoms with Crippen LogP contribution in [0.5, 0.6) is 0 Å². The van der Waals surface area contributed by atoms with E-state index in [1.54, 1.807) is 12.1 Å². The molecule has 0 saturated carbocycles. The van der Waals surface area contributed by atoms with Gasteiger partial charge in [0.2, 0.25) is 0 Å². The van der Waals surface area contributed by atoms with Crippen molar-refractivity contribution in [1.82, 2.24) is 5.32 Å². The van der Waals surface area contributed by atoms with Crippen LogP contribution in [-0.4, -0.2) is 19.1 Å². The topological polar surface area (TPSA) is 24.1 Å². The van der Waals surface area contributed by atoms with Gasteiger partial charge in [0, 0.05) is 12.6 Å². The summed E-state index contributed by atoms with van der Waals surface area (Å²) < 4.78 is 26.7. The Morgan fingerprint density at radius 1 is 1.44 bits per heavy atom. The molecule has 100 valence electrons. The third kappa shape index (κ3) is 3.42. The molecule has 1 fully saturated rings. The highest BCUT2D eigenvalue weighted by atomic mass is 19.1. The third-order valence-corrected chi connectivity index (χ3v) is 3.40. The van der Waals surface area contributed by atoms with Gasteiger partial charge in [-0.1, -0.05) is 12.5 Å². The number of halogens is 2. The van der Waals surface area contributed by atoms with E-state index in [9.17, 15) is 8.78 Å². The highest BCUT2D eigenvalue weighted by Crippen LogP contribution is 2.22. The molecule has 0 aliphatic carbocycles. The second kappa shape index (κ2) is 6.14. The van der Waals surface area contributed by atoms with Crippen LogP contribution in [-0.2, 0) is 0 Å². The monoisotopic (exact) mass is 254 g/mol. The maximum atomic E-state index is 13.7. The lowest BCUT2D eigenvalue weighted by molar-refractivity contribution is 0.373. The summed E-state index contributed by atoms with van der Waals surface area (Å²) in [6.45, 7) is 3.16. The van der Waals surface area contributed by atoms with E-state index in [0.29, 0.717) is 23.8 Å². The van der Waals surface area contributed by atoms with Crippen molar-refractivity contribution in [2.24, 2.45) is 0 Å². The third-order valence-electron chi connectivity index (χ3n) is 3.40. The minimum atomic E-state index is -1.13. The number of nitrogens with one attached hydrogen (secondary N) is 2. The van der Waals surface area contributed by atoms with Gasteiger partial charge in [0.15, 0.2) is 0 Å². The summed E-state index contributed by atoms with van der Waals surface area (Å²) in [5, 5.41) is 6.48. The molecule has 1 heterocycles. The van der Waals surface area contributed by atoms with Crippen LogP contribution in [0.4, 0.5) is 14.5 Å². The number of piperidine rings is 1. The van der Waals surface area contributed by atoms with Crippen LogP contribution in [0.2, 0.25) is 0 Å². The second-order valence-corrected chi connectivity index (χ2v) is 4.88. The molecule has 0 spiro atoms. The van der Waals surface area contributed by atoms with Gasteiger partial charge in [-0.2, -0.15) is 0 Å². The van der Waals surface area contributed by atoms with Gasteiger partial charge in [0.25, 0.3) is 0 Å². The number of alkyl halides is 1. The Bertz CT molecular complexity index is 387. The highest BCUT2D eigenvalue weighted by Gasteiger charge is 2.13. The van der Waals surface area contributed by atoms with Gasteiger partial charge in [0.05, 0.1) is 5.69 Å². The molecule has 2 nitrogen and oxygen atoms in total. The van der Waals surface area contributed by atoms with Crippen molar-refractivity contribution in [3.8, 4) is 0 Å². The Morgan fingerprint density at radius 2 is 2.28 bits per heavy atom. The molecule has 18 heavy (non-hydrogen) atoms. The Morgan fingerprint density at radius 3 is 2.89 bits per heavy atom. The molecule has 2 unspecified atom stereocenters. The van der Waals surface area contributed by atoms with Gasteiger partial charge in [-0.3, -0.25) is 0 Å². The first-order valence-corrected chi connectivity index (χ1v) is 6.57. The number of hydrogen-bond donors (Lipinski definition) is 2. The fourth-order valence-electron chi connectivity index (χ4n) is 2.25. The van der Waals surface area contributed by atoms with Crippen molar-refractivity contribution >= 4 is 5.69 Å². The largest absolute Gasteiger partial charge is 0.381 e. The first-order valence-electron chi connectivity index (χ1n) is 6.57. The van der Waals surface area contributed by atoms with Gasteiger partial charge < -0.3 is 10.6 Å². The second-order valence-electron chi connectivity index (χ2n) is 4.88. The molecule has 2 rings (SSSR count). The molecule has 0 bridgehead atoms. The van der Waals surface area contributed by atoms with Crippen molar-refractivity contribution in [3.05, 3.63) is 29.6 Å². The van der Waals surface area contributed by atoms with E-state index in [2.05, 4.69) is 10.6 Å². The highest BCUT2D eigenvalue weighted by molar-refractivity contribution is 5.46. The molecular formula is C14H20F2N2. The smallest absolute Gasteiger partial charge is 0.146 e. The summed E-state index contributed by atoms with van der Waals surface area (Å²) in [7, 11) is 0. The quantitative estimate of drug-likeness (QED) is 0.860. The lowest BCUT2D eigenvalue weighted by Gasteiger charge is -2.24. The first kappa shape index (κ1) is 13.3. The molecule has 1 aliphatic heterocycles. The normalized spacial score (nSPS) is 21.6. The predicted octanol–water partition coefficient (Wildman–Crippen LogP) is 3.41. The van der Waals surface area contributed by atoms with Crippen LogP contribution < -0.4 is 10.6 Å². The predicted molar refractivity (Wildman–Crippen MR) is 70.1 cm³/mol. The van der Waals surface area contributed by atoms with Crippen LogP contribution >= 0.6 is 0 Å². The molecule has 1 aliphatic rings. The number of rotatable bonds is 4. The lowest BCUT2D eigenvalue weighted by Crippen LogP contribution is -2.39. The van der Waals surface area contributed by atoms with Crippen LogP contribution in [0, 0.1) is 5.82 Å². The van der Waals surface area contributed by atoms with Gasteiger partial charge in [-0.05, 0) is 44.0 Å². The minimum Gasteiger partial charge on any atom is -0.381 e. The first-order chi connectivity index (χ1) is 8.66. The van der Waals surface area contributed by atoms with Crippen LogP contribution in [0.3, 0.4) is 0 Å². The van der Waals surface area contributed by atoms with Crippen molar-refractivity contribution < 1.29 is 8.78 Å². The number of benzene rings is 1. The van der Waals surface area contributed by atoms with Crippen molar-refractivity contribution in [3.63, 3.8) is 0 Å².